The zero-order valence-corrected chi connectivity index (χ0v) is 17.7. The maximum Gasteiger partial charge on any atom is 0.410 e. The fourth-order valence-electron chi connectivity index (χ4n) is 3.73. The first-order valence-corrected chi connectivity index (χ1v) is 10.3. The Bertz CT molecular complexity index is 1020. The molecule has 0 N–H and O–H groups in total. The lowest BCUT2D eigenvalue weighted by atomic mass is 9.92. The van der Waals surface area contributed by atoms with Gasteiger partial charge in [0, 0.05) is 35.6 Å². The van der Waals surface area contributed by atoms with Crippen LogP contribution in [0.1, 0.15) is 45.2 Å². The van der Waals surface area contributed by atoms with Gasteiger partial charge in [0.25, 0.3) is 0 Å². The quantitative estimate of drug-likeness (QED) is 0.581. The molecule has 29 heavy (non-hydrogen) atoms. The van der Waals surface area contributed by atoms with Crippen molar-refractivity contribution in [2.45, 2.75) is 45.1 Å². The summed E-state index contributed by atoms with van der Waals surface area (Å²) in [6.45, 7) is 7.00. The minimum atomic E-state index is -0.478. The van der Waals surface area contributed by atoms with Crippen molar-refractivity contribution >= 4 is 28.6 Å². The van der Waals surface area contributed by atoms with Gasteiger partial charge in [-0.15, -0.1) is 0 Å². The Kier molecular flexibility index (Phi) is 5.21. The number of hydrogen-bond acceptors (Lipinski definition) is 4. The first-order chi connectivity index (χ1) is 13.8. The summed E-state index contributed by atoms with van der Waals surface area (Å²) in [6, 6.07) is 9.65. The number of carbonyl (C=O) groups excluding carboxylic acids is 1. The van der Waals surface area contributed by atoms with E-state index in [0.717, 1.165) is 35.1 Å². The summed E-state index contributed by atoms with van der Waals surface area (Å²) in [6.07, 6.45) is 5.12. The third-order valence-electron chi connectivity index (χ3n) is 5.12. The topological polar surface area (TPSA) is 60.2 Å². The molecule has 3 heterocycles. The van der Waals surface area contributed by atoms with E-state index in [1.165, 1.54) is 0 Å². The molecule has 6 nitrogen and oxygen atoms in total. The smallest absolute Gasteiger partial charge is 0.410 e. The van der Waals surface area contributed by atoms with Gasteiger partial charge in [0.05, 0.1) is 23.1 Å². The highest BCUT2D eigenvalue weighted by Crippen LogP contribution is 2.33. The summed E-state index contributed by atoms with van der Waals surface area (Å²) in [5.41, 5.74) is 2.50. The number of halogens is 1. The van der Waals surface area contributed by atoms with E-state index in [4.69, 9.17) is 21.4 Å². The number of carbonyl (C=O) groups is 1. The van der Waals surface area contributed by atoms with E-state index < -0.39 is 5.60 Å². The number of piperidine rings is 1. The van der Waals surface area contributed by atoms with Crippen molar-refractivity contribution in [2.24, 2.45) is 0 Å². The van der Waals surface area contributed by atoms with Crippen LogP contribution < -0.4 is 0 Å². The third kappa shape index (κ3) is 4.22. The van der Waals surface area contributed by atoms with E-state index in [-0.39, 0.29) is 12.0 Å². The van der Waals surface area contributed by atoms with Gasteiger partial charge in [-0.05, 0) is 63.9 Å². The van der Waals surface area contributed by atoms with Gasteiger partial charge in [-0.1, -0.05) is 11.6 Å². The molecular formula is C22H25ClN4O2. The molecule has 0 atom stereocenters. The Labute approximate surface area is 175 Å². The van der Waals surface area contributed by atoms with Crippen LogP contribution in [0, 0.1) is 0 Å². The number of hydrogen-bond donors (Lipinski definition) is 0. The lowest BCUT2D eigenvalue weighted by Crippen LogP contribution is -2.41. The predicted octanol–water partition coefficient (Wildman–Crippen LogP) is 5.19. The third-order valence-corrected chi connectivity index (χ3v) is 5.37. The van der Waals surface area contributed by atoms with Gasteiger partial charge in [0.2, 0.25) is 0 Å². The first-order valence-electron chi connectivity index (χ1n) is 9.88. The SMILES string of the molecule is CC(C)(C)OC(=O)N1CCC(c2nn(-c3ccc(Cl)cc3)c3cnccc23)CC1. The van der Waals surface area contributed by atoms with Gasteiger partial charge < -0.3 is 9.64 Å². The van der Waals surface area contributed by atoms with E-state index in [9.17, 15) is 4.79 Å². The highest BCUT2D eigenvalue weighted by Gasteiger charge is 2.29. The summed E-state index contributed by atoms with van der Waals surface area (Å²) in [7, 11) is 0. The second-order valence-corrected chi connectivity index (χ2v) is 8.84. The average Bonchev–Trinajstić information content (AvgIpc) is 3.07. The van der Waals surface area contributed by atoms with E-state index >= 15 is 0 Å². The number of amides is 1. The molecule has 2 aromatic heterocycles. The Morgan fingerprint density at radius 1 is 1.14 bits per heavy atom. The van der Waals surface area contributed by atoms with Crippen LogP contribution in [0.3, 0.4) is 0 Å². The maximum absolute atomic E-state index is 12.4. The number of benzene rings is 1. The van der Waals surface area contributed by atoms with Crippen molar-refractivity contribution in [3.05, 3.63) is 53.4 Å². The molecule has 7 heteroatoms. The molecule has 1 fully saturated rings. The molecule has 0 unspecified atom stereocenters. The fourth-order valence-corrected chi connectivity index (χ4v) is 3.86. The van der Waals surface area contributed by atoms with Crippen molar-refractivity contribution in [3.63, 3.8) is 0 Å². The number of aromatic nitrogens is 3. The molecule has 1 saturated heterocycles. The lowest BCUT2D eigenvalue weighted by molar-refractivity contribution is 0.0204. The molecule has 0 radical (unpaired) electrons. The Balaban J connectivity index is 1.58. The molecule has 0 bridgehead atoms. The number of likely N-dealkylation sites (tertiary alicyclic amines) is 1. The van der Waals surface area contributed by atoms with Crippen molar-refractivity contribution < 1.29 is 9.53 Å². The van der Waals surface area contributed by atoms with Crippen LogP contribution >= 0.6 is 11.6 Å². The monoisotopic (exact) mass is 412 g/mol. The van der Waals surface area contributed by atoms with Crippen molar-refractivity contribution in [3.8, 4) is 5.69 Å². The maximum atomic E-state index is 12.4. The lowest BCUT2D eigenvalue weighted by Gasteiger charge is -2.33. The van der Waals surface area contributed by atoms with E-state index in [1.54, 1.807) is 11.1 Å². The summed E-state index contributed by atoms with van der Waals surface area (Å²) < 4.78 is 7.43. The van der Waals surface area contributed by atoms with E-state index in [1.807, 2.05) is 62.0 Å². The largest absolute Gasteiger partial charge is 0.444 e. The van der Waals surface area contributed by atoms with Crippen LogP contribution in [0.5, 0.6) is 0 Å². The Morgan fingerprint density at radius 3 is 2.48 bits per heavy atom. The van der Waals surface area contributed by atoms with Crippen LogP contribution in [0.15, 0.2) is 42.7 Å². The zero-order valence-electron chi connectivity index (χ0n) is 16.9. The Morgan fingerprint density at radius 2 is 1.83 bits per heavy atom. The molecule has 1 aromatic carbocycles. The summed E-state index contributed by atoms with van der Waals surface area (Å²) in [5.74, 6) is 0.284. The number of pyridine rings is 1. The van der Waals surface area contributed by atoms with Gasteiger partial charge in [-0.25, -0.2) is 9.48 Å². The average molecular weight is 413 g/mol. The molecule has 0 spiro atoms. The van der Waals surface area contributed by atoms with Crippen LogP contribution in [0.2, 0.25) is 5.02 Å². The van der Waals surface area contributed by atoms with Crippen LogP contribution in [0.25, 0.3) is 16.6 Å². The number of nitrogens with zero attached hydrogens (tertiary/aromatic N) is 4. The van der Waals surface area contributed by atoms with Crippen molar-refractivity contribution in [1.82, 2.24) is 19.7 Å². The van der Waals surface area contributed by atoms with Crippen molar-refractivity contribution in [1.29, 1.82) is 0 Å². The molecule has 1 amide bonds. The normalized spacial score (nSPS) is 15.7. The molecule has 3 aromatic rings. The molecule has 0 aliphatic carbocycles. The minimum Gasteiger partial charge on any atom is -0.444 e. The minimum absolute atomic E-state index is 0.239. The van der Waals surface area contributed by atoms with Gasteiger partial charge in [-0.3, -0.25) is 4.98 Å². The van der Waals surface area contributed by atoms with Gasteiger partial charge in [0.1, 0.15) is 5.60 Å². The zero-order chi connectivity index (χ0) is 20.6. The summed E-state index contributed by atoms with van der Waals surface area (Å²) in [4.78, 5) is 18.4. The van der Waals surface area contributed by atoms with Crippen LogP contribution in [-0.2, 0) is 4.74 Å². The number of ether oxygens (including phenoxy) is 1. The number of fused-ring (bicyclic) bond motifs is 1. The molecule has 0 saturated carbocycles. The summed E-state index contributed by atoms with van der Waals surface area (Å²) in [5, 5.41) is 6.74. The Hall–Kier alpha value is -2.60. The highest BCUT2D eigenvalue weighted by molar-refractivity contribution is 6.30. The number of rotatable bonds is 2. The van der Waals surface area contributed by atoms with E-state index in [0.29, 0.717) is 18.1 Å². The second kappa shape index (κ2) is 7.67. The van der Waals surface area contributed by atoms with Gasteiger partial charge in [-0.2, -0.15) is 5.10 Å². The van der Waals surface area contributed by atoms with Crippen LogP contribution in [-0.4, -0.2) is 44.4 Å². The van der Waals surface area contributed by atoms with Gasteiger partial charge in [0.15, 0.2) is 0 Å². The standard InChI is InChI=1S/C22H25ClN4O2/c1-22(2,3)29-21(28)26-12-9-15(10-13-26)20-18-8-11-24-14-19(18)27(25-20)17-6-4-16(23)5-7-17/h4-8,11,14-15H,9-10,12-13H2,1-3H3. The van der Waals surface area contributed by atoms with Crippen LogP contribution in [0.4, 0.5) is 4.79 Å². The van der Waals surface area contributed by atoms with Gasteiger partial charge >= 0.3 is 6.09 Å². The first kappa shape index (κ1) is 19.7. The molecule has 4 rings (SSSR count). The second-order valence-electron chi connectivity index (χ2n) is 8.41. The summed E-state index contributed by atoms with van der Waals surface area (Å²) >= 11 is 6.04. The molecule has 152 valence electrons. The fraction of sp³-hybridized carbons (Fsp3) is 0.409. The van der Waals surface area contributed by atoms with E-state index in [2.05, 4.69) is 4.98 Å². The molecular weight excluding hydrogens is 388 g/mol. The molecule has 1 aliphatic heterocycles. The molecule has 1 aliphatic rings. The van der Waals surface area contributed by atoms with Crippen molar-refractivity contribution in [2.75, 3.05) is 13.1 Å². The highest BCUT2D eigenvalue weighted by atomic mass is 35.5. The predicted molar refractivity (Wildman–Crippen MR) is 114 cm³/mol.